The maximum absolute atomic E-state index is 5.55. The Morgan fingerprint density at radius 2 is 2.00 bits per heavy atom. The van der Waals surface area contributed by atoms with Crippen molar-refractivity contribution < 1.29 is 4.74 Å². The first kappa shape index (κ1) is 13.9. The van der Waals surface area contributed by atoms with Crippen LogP contribution in [0.3, 0.4) is 0 Å². The van der Waals surface area contributed by atoms with Gasteiger partial charge in [-0.2, -0.15) is 0 Å². The molecule has 0 aliphatic heterocycles. The first-order valence-corrected chi connectivity index (χ1v) is 7.10. The van der Waals surface area contributed by atoms with Crippen LogP contribution in [0.5, 0.6) is 5.75 Å². The first-order valence-electron chi connectivity index (χ1n) is 6.31. The fourth-order valence-electron chi connectivity index (χ4n) is 1.62. The second-order valence-corrected chi connectivity index (χ2v) is 5.20. The van der Waals surface area contributed by atoms with Crippen LogP contribution in [0.1, 0.15) is 18.9 Å². The van der Waals surface area contributed by atoms with E-state index in [1.807, 2.05) is 43.5 Å². The van der Waals surface area contributed by atoms with E-state index in [9.17, 15) is 0 Å². The van der Waals surface area contributed by atoms with E-state index >= 15 is 0 Å². The fraction of sp³-hybridized carbons (Fsp3) is 0.267. The van der Waals surface area contributed by atoms with Gasteiger partial charge in [-0.25, -0.2) is 4.98 Å². The molecule has 1 aromatic heterocycles. The van der Waals surface area contributed by atoms with E-state index in [4.69, 9.17) is 4.74 Å². The van der Waals surface area contributed by atoms with E-state index in [-0.39, 0.29) is 0 Å². The molecule has 1 aromatic carbocycles. The van der Waals surface area contributed by atoms with Gasteiger partial charge in [-0.1, -0.05) is 6.92 Å². The van der Waals surface area contributed by atoms with E-state index in [0.717, 1.165) is 40.3 Å². The van der Waals surface area contributed by atoms with Gasteiger partial charge in [-0.3, -0.25) is 0 Å². The van der Waals surface area contributed by atoms with Gasteiger partial charge in [0, 0.05) is 11.9 Å². The monoisotopic (exact) mass is 320 g/mol. The minimum absolute atomic E-state index is 0.748. The van der Waals surface area contributed by atoms with Gasteiger partial charge in [0.15, 0.2) is 0 Å². The summed E-state index contributed by atoms with van der Waals surface area (Å²) in [7, 11) is 0. The zero-order chi connectivity index (χ0) is 13.7. The molecule has 0 bridgehead atoms. The summed E-state index contributed by atoms with van der Waals surface area (Å²) in [4.78, 5) is 4.36. The smallest absolute Gasteiger partial charge is 0.144 e. The SMILES string of the molecule is CCCOc1ccc(Nc2ncc(C)cc2Br)cc1. The number of nitrogens with zero attached hydrogens (tertiary/aromatic N) is 1. The number of hydrogen-bond donors (Lipinski definition) is 1. The van der Waals surface area contributed by atoms with Crippen LogP contribution < -0.4 is 10.1 Å². The molecule has 2 rings (SSSR count). The number of benzene rings is 1. The number of aromatic nitrogens is 1. The number of nitrogens with one attached hydrogen (secondary N) is 1. The first-order chi connectivity index (χ1) is 9.19. The Hall–Kier alpha value is -1.55. The minimum atomic E-state index is 0.748. The molecule has 0 radical (unpaired) electrons. The predicted octanol–water partition coefficient (Wildman–Crippen LogP) is 4.68. The highest BCUT2D eigenvalue weighted by atomic mass is 79.9. The Bertz CT molecular complexity index is 540. The second kappa shape index (κ2) is 6.57. The van der Waals surface area contributed by atoms with Gasteiger partial charge in [0.1, 0.15) is 11.6 Å². The van der Waals surface area contributed by atoms with E-state index in [2.05, 4.69) is 33.2 Å². The van der Waals surface area contributed by atoms with Gasteiger partial charge in [0.2, 0.25) is 0 Å². The number of hydrogen-bond acceptors (Lipinski definition) is 3. The zero-order valence-corrected chi connectivity index (χ0v) is 12.7. The Kier molecular flexibility index (Phi) is 4.80. The van der Waals surface area contributed by atoms with Gasteiger partial charge in [-0.15, -0.1) is 0 Å². The molecule has 4 heteroatoms. The lowest BCUT2D eigenvalue weighted by Gasteiger charge is -2.09. The van der Waals surface area contributed by atoms with E-state index < -0.39 is 0 Å². The van der Waals surface area contributed by atoms with Gasteiger partial charge < -0.3 is 10.1 Å². The van der Waals surface area contributed by atoms with Crippen molar-refractivity contribution in [3.8, 4) is 5.75 Å². The minimum Gasteiger partial charge on any atom is -0.494 e. The Balaban J connectivity index is 2.06. The fourth-order valence-corrected chi connectivity index (χ4v) is 2.18. The average molecular weight is 321 g/mol. The lowest BCUT2D eigenvalue weighted by Crippen LogP contribution is -1.97. The number of anilines is 2. The van der Waals surface area contributed by atoms with Crippen molar-refractivity contribution in [1.29, 1.82) is 0 Å². The van der Waals surface area contributed by atoms with E-state index in [1.165, 1.54) is 0 Å². The topological polar surface area (TPSA) is 34.1 Å². The number of ether oxygens (including phenoxy) is 1. The summed E-state index contributed by atoms with van der Waals surface area (Å²) in [6.07, 6.45) is 2.85. The molecule has 0 spiro atoms. The third-order valence-electron chi connectivity index (χ3n) is 2.57. The van der Waals surface area contributed by atoms with Crippen LogP contribution in [0.25, 0.3) is 0 Å². The van der Waals surface area contributed by atoms with Gasteiger partial charge in [-0.05, 0) is 65.2 Å². The van der Waals surface area contributed by atoms with Gasteiger partial charge in [0.25, 0.3) is 0 Å². The van der Waals surface area contributed by atoms with Crippen molar-refractivity contribution in [3.63, 3.8) is 0 Å². The standard InChI is InChI=1S/C15H17BrN2O/c1-3-8-19-13-6-4-12(5-7-13)18-15-14(16)9-11(2)10-17-15/h4-7,9-10H,3,8H2,1-2H3,(H,17,18). The third kappa shape index (κ3) is 3.96. The molecule has 0 saturated heterocycles. The molecular formula is C15H17BrN2O. The lowest BCUT2D eigenvalue weighted by molar-refractivity contribution is 0.317. The summed E-state index contributed by atoms with van der Waals surface area (Å²) in [5, 5.41) is 3.27. The van der Waals surface area contributed by atoms with Gasteiger partial charge in [0.05, 0.1) is 11.1 Å². The number of rotatable bonds is 5. The summed E-state index contributed by atoms with van der Waals surface area (Å²) in [5.74, 6) is 1.70. The van der Waals surface area contributed by atoms with Crippen LogP contribution in [0.4, 0.5) is 11.5 Å². The van der Waals surface area contributed by atoms with Crippen LogP contribution >= 0.6 is 15.9 Å². The highest BCUT2D eigenvalue weighted by Gasteiger charge is 2.02. The summed E-state index contributed by atoms with van der Waals surface area (Å²) < 4.78 is 6.50. The van der Waals surface area contributed by atoms with Crippen molar-refractivity contribution in [2.45, 2.75) is 20.3 Å². The average Bonchev–Trinajstić information content (AvgIpc) is 2.41. The maximum atomic E-state index is 5.55. The van der Waals surface area contributed by atoms with Crippen molar-refractivity contribution in [3.05, 3.63) is 46.6 Å². The molecule has 1 heterocycles. The summed E-state index contributed by atoms with van der Waals surface area (Å²) in [6.45, 7) is 4.86. The van der Waals surface area contributed by atoms with Crippen LogP contribution in [-0.4, -0.2) is 11.6 Å². The normalized spacial score (nSPS) is 10.3. The van der Waals surface area contributed by atoms with Crippen molar-refractivity contribution in [1.82, 2.24) is 4.98 Å². The third-order valence-corrected chi connectivity index (χ3v) is 3.17. The molecule has 0 amide bonds. The largest absolute Gasteiger partial charge is 0.494 e. The van der Waals surface area contributed by atoms with Crippen LogP contribution in [0.2, 0.25) is 0 Å². The molecule has 2 aromatic rings. The molecule has 0 atom stereocenters. The molecule has 0 unspecified atom stereocenters. The Labute approximate surface area is 122 Å². The van der Waals surface area contributed by atoms with Crippen molar-refractivity contribution in [2.75, 3.05) is 11.9 Å². The van der Waals surface area contributed by atoms with Crippen molar-refractivity contribution in [2.24, 2.45) is 0 Å². The summed E-state index contributed by atoms with van der Waals surface area (Å²) >= 11 is 3.50. The number of aryl methyl sites for hydroxylation is 1. The molecule has 0 fully saturated rings. The molecule has 19 heavy (non-hydrogen) atoms. The molecule has 1 N–H and O–H groups in total. The quantitative estimate of drug-likeness (QED) is 0.868. The van der Waals surface area contributed by atoms with Crippen LogP contribution in [0, 0.1) is 6.92 Å². The Morgan fingerprint density at radius 3 is 2.63 bits per heavy atom. The van der Waals surface area contributed by atoms with Crippen LogP contribution in [0.15, 0.2) is 41.0 Å². The molecular weight excluding hydrogens is 304 g/mol. The molecule has 0 aliphatic rings. The lowest BCUT2D eigenvalue weighted by atomic mass is 10.3. The molecule has 100 valence electrons. The van der Waals surface area contributed by atoms with Crippen LogP contribution in [-0.2, 0) is 0 Å². The summed E-state index contributed by atoms with van der Waals surface area (Å²) in [5.41, 5.74) is 2.11. The predicted molar refractivity (Wildman–Crippen MR) is 82.2 cm³/mol. The maximum Gasteiger partial charge on any atom is 0.144 e. The van der Waals surface area contributed by atoms with Gasteiger partial charge >= 0.3 is 0 Å². The zero-order valence-electron chi connectivity index (χ0n) is 11.1. The van der Waals surface area contributed by atoms with E-state index in [1.54, 1.807) is 0 Å². The van der Waals surface area contributed by atoms with E-state index in [0.29, 0.717) is 0 Å². The highest BCUT2D eigenvalue weighted by Crippen LogP contribution is 2.25. The Morgan fingerprint density at radius 1 is 1.26 bits per heavy atom. The highest BCUT2D eigenvalue weighted by molar-refractivity contribution is 9.10. The molecule has 3 nitrogen and oxygen atoms in total. The second-order valence-electron chi connectivity index (χ2n) is 4.34. The summed E-state index contributed by atoms with van der Waals surface area (Å²) in [6, 6.07) is 9.92. The molecule has 0 saturated carbocycles. The number of pyridine rings is 1. The number of halogens is 1. The van der Waals surface area contributed by atoms with Crippen molar-refractivity contribution >= 4 is 27.4 Å². The molecule has 0 aliphatic carbocycles.